The van der Waals surface area contributed by atoms with Crippen LogP contribution in [0, 0.1) is 0 Å². The summed E-state index contributed by atoms with van der Waals surface area (Å²) in [5, 5.41) is 0. The van der Waals surface area contributed by atoms with Crippen LogP contribution < -0.4 is 9.80 Å². The van der Waals surface area contributed by atoms with Gasteiger partial charge in [0.15, 0.2) is 0 Å². The molecule has 0 amide bonds. The number of anilines is 2. The van der Waals surface area contributed by atoms with Gasteiger partial charge in [-0.15, -0.1) is 0 Å². The van der Waals surface area contributed by atoms with Gasteiger partial charge in [0.1, 0.15) is 0 Å². The van der Waals surface area contributed by atoms with Crippen molar-refractivity contribution in [3.8, 4) is 0 Å². The van der Waals surface area contributed by atoms with E-state index in [1.165, 1.54) is 28.9 Å². The Bertz CT molecular complexity index is 895. The first kappa shape index (κ1) is 20.9. The van der Waals surface area contributed by atoms with Crippen molar-refractivity contribution in [2.75, 3.05) is 36.1 Å². The Kier molecular flexibility index (Phi) is 5.88. The molecular formula is C26H35N3O. The van der Waals surface area contributed by atoms with Crippen LogP contribution in [-0.4, -0.2) is 44.1 Å². The molecule has 0 saturated carbocycles. The Morgan fingerprint density at radius 3 is 2.43 bits per heavy atom. The molecule has 0 bridgehead atoms. The van der Waals surface area contributed by atoms with Gasteiger partial charge in [0.2, 0.25) is 0 Å². The summed E-state index contributed by atoms with van der Waals surface area (Å²) in [5.41, 5.74) is 6.40. The molecule has 1 fully saturated rings. The predicted molar refractivity (Wildman–Crippen MR) is 128 cm³/mol. The number of nitrogens with zero attached hydrogens (tertiary/aromatic N) is 3. The Labute approximate surface area is 181 Å². The first-order valence-corrected chi connectivity index (χ1v) is 11.3. The molecule has 2 aliphatic rings. The fourth-order valence-electron chi connectivity index (χ4n) is 5.25. The quantitative estimate of drug-likeness (QED) is 0.604. The van der Waals surface area contributed by atoms with Gasteiger partial charge >= 0.3 is 0 Å². The summed E-state index contributed by atoms with van der Waals surface area (Å²) in [6, 6.07) is 15.8. The topological polar surface area (TPSA) is 28.1 Å². The molecule has 0 spiro atoms. The van der Waals surface area contributed by atoms with Crippen LogP contribution in [0.1, 0.15) is 58.1 Å². The summed E-state index contributed by atoms with van der Waals surface area (Å²) in [6.45, 7) is 15.2. The summed E-state index contributed by atoms with van der Waals surface area (Å²) < 4.78 is 5.44. The van der Waals surface area contributed by atoms with E-state index >= 15 is 0 Å². The van der Waals surface area contributed by atoms with Gasteiger partial charge in [0.25, 0.3) is 0 Å². The molecule has 4 heteroatoms. The van der Waals surface area contributed by atoms with E-state index in [1.54, 1.807) is 0 Å². The molecule has 1 saturated heterocycles. The number of fused-ring (bicyclic) bond motifs is 1. The fourth-order valence-corrected chi connectivity index (χ4v) is 5.25. The lowest BCUT2D eigenvalue weighted by atomic mass is 9.79. The number of hydrogen-bond acceptors (Lipinski definition) is 4. The maximum absolute atomic E-state index is 5.44. The van der Waals surface area contributed by atoms with Crippen molar-refractivity contribution in [1.82, 2.24) is 0 Å². The molecule has 30 heavy (non-hydrogen) atoms. The van der Waals surface area contributed by atoms with Crippen LogP contribution in [0.4, 0.5) is 17.1 Å². The molecule has 0 N–H and O–H groups in total. The SMILES string of the molecule is CC(C)N1c2ccc(C=Nc3ccc(N4CCOCC4)cc3)cc2[C@@H](C)CC1(C)C. The zero-order valence-electron chi connectivity index (χ0n) is 19.1. The first-order valence-electron chi connectivity index (χ1n) is 11.3. The van der Waals surface area contributed by atoms with Crippen molar-refractivity contribution in [3.05, 3.63) is 53.6 Å². The number of benzene rings is 2. The van der Waals surface area contributed by atoms with Crippen molar-refractivity contribution in [2.45, 2.75) is 58.5 Å². The molecule has 0 aromatic heterocycles. The average Bonchev–Trinajstić information content (AvgIpc) is 2.72. The zero-order valence-corrected chi connectivity index (χ0v) is 19.1. The summed E-state index contributed by atoms with van der Waals surface area (Å²) >= 11 is 0. The van der Waals surface area contributed by atoms with E-state index in [9.17, 15) is 0 Å². The van der Waals surface area contributed by atoms with Crippen molar-refractivity contribution in [3.63, 3.8) is 0 Å². The van der Waals surface area contributed by atoms with E-state index in [1.807, 2.05) is 6.21 Å². The summed E-state index contributed by atoms with van der Waals surface area (Å²) in [7, 11) is 0. The Balaban J connectivity index is 1.53. The third kappa shape index (κ3) is 4.24. The largest absolute Gasteiger partial charge is 0.378 e. The molecule has 2 aromatic rings. The smallest absolute Gasteiger partial charge is 0.0642 e. The summed E-state index contributed by atoms with van der Waals surface area (Å²) in [6.07, 6.45) is 3.16. The van der Waals surface area contributed by atoms with Crippen LogP contribution >= 0.6 is 0 Å². The van der Waals surface area contributed by atoms with Gasteiger partial charge in [0.05, 0.1) is 18.9 Å². The molecule has 0 radical (unpaired) electrons. The second-order valence-electron chi connectivity index (χ2n) is 9.57. The fraction of sp³-hybridized carbons (Fsp3) is 0.500. The monoisotopic (exact) mass is 405 g/mol. The minimum atomic E-state index is 0.179. The lowest BCUT2D eigenvalue weighted by Gasteiger charge is -2.50. The molecule has 160 valence electrons. The highest BCUT2D eigenvalue weighted by atomic mass is 16.5. The van der Waals surface area contributed by atoms with Crippen LogP contribution in [0.5, 0.6) is 0 Å². The Morgan fingerprint density at radius 2 is 1.77 bits per heavy atom. The molecule has 0 unspecified atom stereocenters. The molecule has 4 nitrogen and oxygen atoms in total. The van der Waals surface area contributed by atoms with Gasteiger partial charge < -0.3 is 14.5 Å². The van der Waals surface area contributed by atoms with E-state index < -0.39 is 0 Å². The van der Waals surface area contributed by atoms with Gasteiger partial charge in [-0.3, -0.25) is 4.99 Å². The minimum absolute atomic E-state index is 0.179. The molecule has 4 rings (SSSR count). The van der Waals surface area contributed by atoms with Crippen molar-refractivity contribution in [2.24, 2.45) is 4.99 Å². The normalized spacial score (nSPS) is 21.3. The highest BCUT2D eigenvalue weighted by Gasteiger charge is 2.37. The number of ether oxygens (including phenoxy) is 1. The highest BCUT2D eigenvalue weighted by molar-refractivity contribution is 5.84. The van der Waals surface area contributed by atoms with Crippen LogP contribution in [0.3, 0.4) is 0 Å². The number of aliphatic imine (C=N–C) groups is 1. The second kappa shape index (κ2) is 8.43. The summed E-state index contributed by atoms with van der Waals surface area (Å²) in [5.74, 6) is 0.547. The van der Waals surface area contributed by atoms with E-state index in [2.05, 4.69) is 86.9 Å². The molecule has 0 aliphatic carbocycles. The average molecular weight is 406 g/mol. The lowest BCUT2D eigenvalue weighted by Crippen LogP contribution is -2.51. The van der Waals surface area contributed by atoms with Crippen LogP contribution in [0.2, 0.25) is 0 Å². The van der Waals surface area contributed by atoms with Crippen molar-refractivity contribution in [1.29, 1.82) is 0 Å². The standard InChI is InChI=1S/C26H35N3O/c1-19(2)29-25-11-6-21(16-24(25)20(3)17-26(29,4)5)18-27-22-7-9-23(10-8-22)28-12-14-30-15-13-28/h6-11,16,18-20H,12-15,17H2,1-5H3/t20-/m0/s1. The van der Waals surface area contributed by atoms with Gasteiger partial charge in [-0.2, -0.15) is 0 Å². The molecule has 2 aromatic carbocycles. The van der Waals surface area contributed by atoms with Crippen LogP contribution in [0.25, 0.3) is 0 Å². The van der Waals surface area contributed by atoms with E-state index in [4.69, 9.17) is 9.73 Å². The van der Waals surface area contributed by atoms with Gasteiger partial charge in [-0.25, -0.2) is 0 Å². The lowest BCUT2D eigenvalue weighted by molar-refractivity contribution is 0.122. The first-order chi connectivity index (χ1) is 14.3. The Morgan fingerprint density at radius 1 is 1.07 bits per heavy atom. The van der Waals surface area contributed by atoms with Crippen LogP contribution in [-0.2, 0) is 4.74 Å². The molecule has 2 heterocycles. The zero-order chi connectivity index (χ0) is 21.3. The van der Waals surface area contributed by atoms with Gasteiger partial charge in [-0.05, 0) is 87.6 Å². The van der Waals surface area contributed by atoms with Crippen molar-refractivity contribution >= 4 is 23.3 Å². The Hall–Kier alpha value is -2.33. The highest BCUT2D eigenvalue weighted by Crippen LogP contribution is 2.44. The van der Waals surface area contributed by atoms with E-state index in [0.29, 0.717) is 12.0 Å². The number of morpholine rings is 1. The van der Waals surface area contributed by atoms with Gasteiger partial charge in [0, 0.05) is 42.3 Å². The maximum Gasteiger partial charge on any atom is 0.0642 e. The third-order valence-corrected chi connectivity index (χ3v) is 6.40. The number of hydrogen-bond donors (Lipinski definition) is 0. The number of rotatable bonds is 4. The maximum atomic E-state index is 5.44. The van der Waals surface area contributed by atoms with Crippen LogP contribution in [0.15, 0.2) is 47.5 Å². The predicted octanol–water partition coefficient (Wildman–Crippen LogP) is 5.77. The molecule has 2 aliphatic heterocycles. The second-order valence-corrected chi connectivity index (χ2v) is 9.57. The third-order valence-electron chi connectivity index (χ3n) is 6.40. The van der Waals surface area contributed by atoms with Gasteiger partial charge in [-0.1, -0.05) is 13.0 Å². The molecular weight excluding hydrogens is 370 g/mol. The van der Waals surface area contributed by atoms with E-state index in [-0.39, 0.29) is 5.54 Å². The van der Waals surface area contributed by atoms with E-state index in [0.717, 1.165) is 32.0 Å². The summed E-state index contributed by atoms with van der Waals surface area (Å²) in [4.78, 5) is 9.68. The minimum Gasteiger partial charge on any atom is -0.378 e. The van der Waals surface area contributed by atoms with Crippen molar-refractivity contribution < 1.29 is 4.74 Å². The molecule has 1 atom stereocenters.